The molecule has 0 spiro atoms. The summed E-state index contributed by atoms with van der Waals surface area (Å²) in [7, 11) is 0. The molecule has 0 atom stereocenters. The number of carbonyl (C=O) groups is 2. The van der Waals surface area contributed by atoms with Gasteiger partial charge in [0.25, 0.3) is 0 Å². The maximum absolute atomic E-state index is 13.8. The summed E-state index contributed by atoms with van der Waals surface area (Å²) in [6, 6.07) is 11.6. The summed E-state index contributed by atoms with van der Waals surface area (Å²) in [5.41, 5.74) is 1.49. The summed E-state index contributed by atoms with van der Waals surface area (Å²) in [5.74, 6) is -0.339. The Kier molecular flexibility index (Phi) is 6.77. The maximum atomic E-state index is 13.8. The van der Waals surface area contributed by atoms with Crippen LogP contribution in [0.3, 0.4) is 0 Å². The van der Waals surface area contributed by atoms with E-state index in [2.05, 4.69) is 6.92 Å². The van der Waals surface area contributed by atoms with Gasteiger partial charge in [-0.25, -0.2) is 4.79 Å². The molecular formula is C25H31NO4S. The number of thiophene rings is 1. The smallest absolute Gasteiger partial charge is 0.348 e. The van der Waals surface area contributed by atoms with Crippen molar-refractivity contribution in [2.45, 2.75) is 70.4 Å². The number of nitrogens with zero attached hydrogens (tertiary/aromatic N) is 1. The van der Waals surface area contributed by atoms with Crippen LogP contribution in [0.1, 0.15) is 68.0 Å². The molecule has 0 bridgehead atoms. The minimum Gasteiger partial charge on any atom is -0.477 e. The highest BCUT2D eigenvalue weighted by Crippen LogP contribution is 2.41. The minimum absolute atomic E-state index is 0.0511. The van der Waals surface area contributed by atoms with Gasteiger partial charge in [-0.1, -0.05) is 37.3 Å². The largest absolute Gasteiger partial charge is 0.477 e. The van der Waals surface area contributed by atoms with Gasteiger partial charge in [-0.3, -0.25) is 4.79 Å². The summed E-state index contributed by atoms with van der Waals surface area (Å²) >= 11 is 1.24. The summed E-state index contributed by atoms with van der Waals surface area (Å²) < 4.78 is 0. The summed E-state index contributed by atoms with van der Waals surface area (Å²) in [6.45, 7) is 2.23. The van der Waals surface area contributed by atoms with Gasteiger partial charge >= 0.3 is 5.97 Å². The van der Waals surface area contributed by atoms with Crippen LogP contribution in [0.4, 0.5) is 5.69 Å². The van der Waals surface area contributed by atoms with E-state index in [-0.39, 0.29) is 28.8 Å². The van der Waals surface area contributed by atoms with Crippen LogP contribution in [-0.2, 0) is 4.79 Å². The zero-order valence-electron chi connectivity index (χ0n) is 18.0. The second-order valence-corrected chi connectivity index (χ2v) is 10.2. The van der Waals surface area contributed by atoms with Crippen LogP contribution in [0.25, 0.3) is 10.4 Å². The van der Waals surface area contributed by atoms with Gasteiger partial charge in [0.05, 0.1) is 11.8 Å². The summed E-state index contributed by atoms with van der Waals surface area (Å²) in [5, 5.41) is 20.0. The zero-order valence-corrected chi connectivity index (χ0v) is 18.8. The predicted octanol–water partition coefficient (Wildman–Crippen LogP) is 5.58. The maximum Gasteiger partial charge on any atom is 0.348 e. The Labute approximate surface area is 187 Å². The number of aliphatic hydroxyl groups is 1. The Morgan fingerprint density at radius 1 is 0.968 bits per heavy atom. The second-order valence-electron chi connectivity index (χ2n) is 9.12. The molecule has 4 rings (SSSR count). The lowest BCUT2D eigenvalue weighted by atomic mass is 9.81. The van der Waals surface area contributed by atoms with Gasteiger partial charge < -0.3 is 15.1 Å². The molecule has 5 nitrogen and oxygen atoms in total. The van der Waals surface area contributed by atoms with Crippen molar-refractivity contribution in [2.24, 2.45) is 11.8 Å². The third-order valence-corrected chi connectivity index (χ3v) is 8.02. The van der Waals surface area contributed by atoms with Crippen molar-refractivity contribution in [3.05, 3.63) is 41.3 Å². The Bertz CT molecular complexity index is 909. The van der Waals surface area contributed by atoms with Crippen LogP contribution in [0, 0.1) is 11.8 Å². The van der Waals surface area contributed by atoms with E-state index >= 15 is 0 Å². The molecule has 6 heteroatoms. The average Bonchev–Trinajstić information content (AvgIpc) is 3.22. The number of aliphatic hydroxyl groups excluding tert-OH is 1. The van der Waals surface area contributed by atoms with Crippen LogP contribution in [0.5, 0.6) is 0 Å². The van der Waals surface area contributed by atoms with Gasteiger partial charge in [-0.2, -0.15) is 0 Å². The SMILES string of the molecule is C[C@H]1CC[C@H](C(=O)N(c2cc(-c3ccccc3)sc2C(=O)O)[C@H]2CC[C@@H](O)CC2)CC1. The van der Waals surface area contributed by atoms with E-state index in [1.807, 2.05) is 36.4 Å². The van der Waals surface area contributed by atoms with E-state index in [0.717, 1.165) is 36.1 Å². The molecule has 2 saturated carbocycles. The first-order valence-corrected chi connectivity index (χ1v) is 12.2. The molecule has 2 N–H and O–H groups in total. The molecule has 2 aliphatic carbocycles. The third-order valence-electron chi connectivity index (χ3n) is 6.86. The molecule has 1 amide bonds. The molecule has 2 fully saturated rings. The molecule has 0 saturated heterocycles. The molecule has 0 aliphatic heterocycles. The average molecular weight is 442 g/mol. The highest BCUT2D eigenvalue weighted by atomic mass is 32.1. The predicted molar refractivity (Wildman–Crippen MR) is 124 cm³/mol. The lowest BCUT2D eigenvalue weighted by Gasteiger charge is -2.38. The van der Waals surface area contributed by atoms with Gasteiger partial charge in [0.15, 0.2) is 0 Å². The zero-order chi connectivity index (χ0) is 22.0. The van der Waals surface area contributed by atoms with E-state index in [1.54, 1.807) is 4.90 Å². The van der Waals surface area contributed by atoms with E-state index in [1.165, 1.54) is 11.3 Å². The van der Waals surface area contributed by atoms with Crippen molar-refractivity contribution < 1.29 is 19.8 Å². The van der Waals surface area contributed by atoms with Crippen molar-refractivity contribution in [3.63, 3.8) is 0 Å². The van der Waals surface area contributed by atoms with Crippen molar-refractivity contribution in [1.29, 1.82) is 0 Å². The fourth-order valence-electron chi connectivity index (χ4n) is 4.97. The first-order valence-electron chi connectivity index (χ1n) is 11.4. The Balaban J connectivity index is 1.73. The van der Waals surface area contributed by atoms with E-state index in [9.17, 15) is 19.8 Å². The molecule has 31 heavy (non-hydrogen) atoms. The third kappa shape index (κ3) is 4.85. The van der Waals surface area contributed by atoms with Crippen molar-refractivity contribution in [1.82, 2.24) is 0 Å². The van der Waals surface area contributed by atoms with Crippen LogP contribution in [0.15, 0.2) is 36.4 Å². The number of carboxylic acids is 1. The number of carbonyl (C=O) groups excluding carboxylic acids is 1. The standard InChI is InChI=1S/C25H31NO4S/c1-16-7-9-18(10-8-16)24(28)26(19-11-13-20(27)14-12-19)21-15-22(31-23(21)25(29)30)17-5-3-2-4-6-17/h2-6,15-16,18-20,27H,7-14H2,1H3,(H,29,30)/t16-,18-,19-,20+. The van der Waals surface area contributed by atoms with Crippen molar-refractivity contribution >= 4 is 28.9 Å². The molecular weight excluding hydrogens is 410 g/mol. The van der Waals surface area contributed by atoms with Gasteiger partial charge in [0.2, 0.25) is 5.91 Å². The van der Waals surface area contributed by atoms with E-state index < -0.39 is 5.97 Å². The number of anilines is 1. The fourth-order valence-corrected chi connectivity index (χ4v) is 5.97. The lowest BCUT2D eigenvalue weighted by Crippen LogP contribution is -2.47. The van der Waals surface area contributed by atoms with Gasteiger partial charge in [0.1, 0.15) is 4.88 Å². The highest BCUT2D eigenvalue weighted by molar-refractivity contribution is 7.18. The lowest BCUT2D eigenvalue weighted by molar-refractivity contribution is -0.124. The van der Waals surface area contributed by atoms with Crippen molar-refractivity contribution in [3.8, 4) is 10.4 Å². The number of hydrogen-bond donors (Lipinski definition) is 2. The van der Waals surface area contributed by atoms with Crippen LogP contribution >= 0.6 is 11.3 Å². The Morgan fingerprint density at radius 2 is 1.61 bits per heavy atom. The first-order chi connectivity index (χ1) is 14.9. The number of hydrogen-bond acceptors (Lipinski definition) is 4. The molecule has 0 unspecified atom stereocenters. The van der Waals surface area contributed by atoms with Gasteiger partial charge in [0, 0.05) is 16.8 Å². The molecule has 0 radical (unpaired) electrons. The van der Waals surface area contributed by atoms with Gasteiger partial charge in [-0.05, 0) is 68.9 Å². The molecule has 1 aromatic heterocycles. The minimum atomic E-state index is -0.993. The van der Waals surface area contributed by atoms with E-state index in [4.69, 9.17) is 0 Å². The normalized spacial score (nSPS) is 26.4. The van der Waals surface area contributed by atoms with E-state index in [0.29, 0.717) is 37.3 Å². The monoisotopic (exact) mass is 441 g/mol. The second kappa shape index (κ2) is 9.53. The number of amides is 1. The Hall–Kier alpha value is -2.18. The quantitative estimate of drug-likeness (QED) is 0.635. The molecule has 2 aromatic rings. The van der Waals surface area contributed by atoms with Crippen molar-refractivity contribution in [2.75, 3.05) is 4.90 Å². The number of carboxylic acid groups (broad SMARTS) is 1. The topological polar surface area (TPSA) is 77.8 Å². The number of benzene rings is 1. The number of aromatic carboxylic acids is 1. The van der Waals surface area contributed by atoms with Gasteiger partial charge in [-0.15, -0.1) is 11.3 Å². The summed E-state index contributed by atoms with van der Waals surface area (Å²) in [6.07, 6.45) is 6.18. The van der Waals surface area contributed by atoms with Crippen LogP contribution in [-0.4, -0.2) is 34.2 Å². The molecule has 1 heterocycles. The first kappa shape index (κ1) is 22.0. The summed E-state index contributed by atoms with van der Waals surface area (Å²) in [4.78, 5) is 28.9. The fraction of sp³-hybridized carbons (Fsp3) is 0.520. The molecule has 1 aromatic carbocycles. The van der Waals surface area contributed by atoms with Crippen LogP contribution in [0.2, 0.25) is 0 Å². The highest BCUT2D eigenvalue weighted by Gasteiger charge is 2.37. The van der Waals surface area contributed by atoms with Crippen LogP contribution < -0.4 is 4.90 Å². The molecule has 2 aliphatic rings. The molecule has 166 valence electrons. The Morgan fingerprint density at radius 3 is 2.23 bits per heavy atom. The number of rotatable bonds is 5.